The highest BCUT2D eigenvalue weighted by Gasteiger charge is 2.26. The Hall–Kier alpha value is -4.46. The number of hydrogen-bond donors (Lipinski definition) is 1. The standard InChI is InChI=1S/C33H40N4O4/c1-23(2)37(33(39)26-17-28(40-5)19-29(18-26)41-6)22-32(38)36(21-24-11-13-27(14-12-24)35(3)4)16-15-25-20-34-31-10-8-7-9-30(25)31/h7-14,17-20,23,34H,15-16,21-22H2,1-6H3. The second kappa shape index (κ2) is 13.3. The zero-order valence-corrected chi connectivity index (χ0v) is 24.8. The van der Waals surface area contributed by atoms with Gasteiger partial charge in [-0.25, -0.2) is 0 Å². The molecule has 1 aromatic heterocycles. The molecule has 216 valence electrons. The van der Waals surface area contributed by atoms with E-state index in [1.54, 1.807) is 37.3 Å². The molecule has 4 aromatic rings. The van der Waals surface area contributed by atoms with E-state index in [-0.39, 0.29) is 24.4 Å². The Morgan fingerprint density at radius 3 is 2.17 bits per heavy atom. The Morgan fingerprint density at radius 2 is 1.56 bits per heavy atom. The van der Waals surface area contributed by atoms with Gasteiger partial charge in [0.15, 0.2) is 0 Å². The number of H-pyrrole nitrogens is 1. The summed E-state index contributed by atoms with van der Waals surface area (Å²) in [6, 6.07) is 21.2. The SMILES string of the molecule is COc1cc(OC)cc(C(=O)N(CC(=O)N(CCc2c[nH]c3ccccc23)Cc2ccc(N(C)C)cc2)C(C)C)c1. The van der Waals surface area contributed by atoms with E-state index in [9.17, 15) is 9.59 Å². The van der Waals surface area contributed by atoms with Crippen LogP contribution in [0.1, 0.15) is 35.3 Å². The smallest absolute Gasteiger partial charge is 0.254 e. The van der Waals surface area contributed by atoms with Crippen molar-refractivity contribution in [2.75, 3.05) is 46.3 Å². The van der Waals surface area contributed by atoms with Gasteiger partial charge in [-0.3, -0.25) is 9.59 Å². The number of fused-ring (bicyclic) bond motifs is 1. The fourth-order valence-electron chi connectivity index (χ4n) is 4.84. The number of methoxy groups -OCH3 is 2. The van der Waals surface area contributed by atoms with Gasteiger partial charge in [-0.1, -0.05) is 30.3 Å². The van der Waals surface area contributed by atoms with E-state index < -0.39 is 0 Å². The lowest BCUT2D eigenvalue weighted by Crippen LogP contribution is -2.46. The Morgan fingerprint density at radius 1 is 0.902 bits per heavy atom. The maximum atomic E-state index is 13.9. The molecule has 1 N–H and O–H groups in total. The highest BCUT2D eigenvalue weighted by molar-refractivity contribution is 5.97. The third-order valence-corrected chi connectivity index (χ3v) is 7.29. The number of carbonyl (C=O) groups excluding carboxylic acids is 2. The van der Waals surface area contributed by atoms with Gasteiger partial charge in [-0.2, -0.15) is 0 Å². The molecule has 0 fully saturated rings. The van der Waals surface area contributed by atoms with Crippen LogP contribution in [-0.2, 0) is 17.8 Å². The summed E-state index contributed by atoms with van der Waals surface area (Å²) in [5.41, 5.74) is 4.76. The molecular weight excluding hydrogens is 516 g/mol. The van der Waals surface area contributed by atoms with Crippen molar-refractivity contribution in [1.29, 1.82) is 0 Å². The van der Waals surface area contributed by atoms with Crippen LogP contribution in [0.4, 0.5) is 5.69 Å². The third kappa shape index (κ3) is 7.20. The van der Waals surface area contributed by atoms with Gasteiger partial charge in [0.2, 0.25) is 5.91 Å². The number of para-hydroxylation sites is 1. The first kappa shape index (κ1) is 29.5. The van der Waals surface area contributed by atoms with Crippen LogP contribution in [0.5, 0.6) is 11.5 Å². The second-order valence-electron chi connectivity index (χ2n) is 10.6. The fourth-order valence-corrected chi connectivity index (χ4v) is 4.84. The summed E-state index contributed by atoms with van der Waals surface area (Å²) < 4.78 is 10.7. The van der Waals surface area contributed by atoms with E-state index in [0.717, 1.165) is 27.7 Å². The highest BCUT2D eigenvalue weighted by Crippen LogP contribution is 2.25. The average Bonchev–Trinajstić information content (AvgIpc) is 3.40. The number of anilines is 1. The molecule has 0 bridgehead atoms. The molecule has 41 heavy (non-hydrogen) atoms. The Labute approximate surface area is 242 Å². The molecule has 0 radical (unpaired) electrons. The van der Waals surface area contributed by atoms with E-state index in [1.165, 1.54) is 0 Å². The quantitative estimate of drug-likeness (QED) is 0.254. The largest absolute Gasteiger partial charge is 0.497 e. The van der Waals surface area contributed by atoms with Crippen molar-refractivity contribution in [3.63, 3.8) is 0 Å². The molecule has 0 atom stereocenters. The molecule has 1 heterocycles. The van der Waals surface area contributed by atoms with Gasteiger partial charge in [0.25, 0.3) is 5.91 Å². The van der Waals surface area contributed by atoms with Crippen LogP contribution >= 0.6 is 0 Å². The van der Waals surface area contributed by atoms with Crippen LogP contribution < -0.4 is 14.4 Å². The van der Waals surface area contributed by atoms with E-state index in [4.69, 9.17) is 9.47 Å². The Balaban J connectivity index is 1.58. The van der Waals surface area contributed by atoms with Gasteiger partial charge in [0.1, 0.15) is 18.0 Å². The maximum absolute atomic E-state index is 13.9. The van der Waals surface area contributed by atoms with Crippen molar-refractivity contribution in [1.82, 2.24) is 14.8 Å². The molecule has 0 unspecified atom stereocenters. The molecule has 0 saturated carbocycles. The van der Waals surface area contributed by atoms with Crippen LogP contribution in [0.3, 0.4) is 0 Å². The summed E-state index contributed by atoms with van der Waals surface area (Å²) in [5.74, 6) is 0.671. The Kier molecular flexibility index (Phi) is 9.55. The summed E-state index contributed by atoms with van der Waals surface area (Å²) in [5, 5.41) is 1.15. The van der Waals surface area contributed by atoms with Crippen LogP contribution in [0, 0.1) is 0 Å². The lowest BCUT2D eigenvalue weighted by atomic mass is 10.1. The van der Waals surface area contributed by atoms with E-state index in [2.05, 4.69) is 35.3 Å². The lowest BCUT2D eigenvalue weighted by Gasteiger charge is -2.30. The van der Waals surface area contributed by atoms with Gasteiger partial charge in [-0.15, -0.1) is 0 Å². The number of ether oxygens (including phenoxy) is 2. The molecule has 8 nitrogen and oxygen atoms in total. The number of aromatic amines is 1. The minimum absolute atomic E-state index is 0.0420. The van der Waals surface area contributed by atoms with Crippen molar-refractivity contribution in [2.24, 2.45) is 0 Å². The van der Waals surface area contributed by atoms with Crippen molar-refractivity contribution in [3.05, 3.63) is 89.6 Å². The summed E-state index contributed by atoms with van der Waals surface area (Å²) in [6.07, 6.45) is 2.70. The van der Waals surface area contributed by atoms with Crippen molar-refractivity contribution in [2.45, 2.75) is 32.9 Å². The predicted octanol–water partition coefficient (Wildman–Crippen LogP) is 5.37. The second-order valence-corrected chi connectivity index (χ2v) is 10.6. The van der Waals surface area contributed by atoms with Crippen molar-refractivity contribution in [3.8, 4) is 11.5 Å². The van der Waals surface area contributed by atoms with Crippen LogP contribution in [0.2, 0.25) is 0 Å². The first-order valence-electron chi connectivity index (χ1n) is 13.8. The molecular formula is C33H40N4O4. The monoisotopic (exact) mass is 556 g/mol. The van der Waals surface area contributed by atoms with Gasteiger partial charge in [-0.05, 0) is 61.7 Å². The van der Waals surface area contributed by atoms with Gasteiger partial charge in [0, 0.05) is 67.6 Å². The minimum atomic E-state index is -0.252. The summed E-state index contributed by atoms with van der Waals surface area (Å²) in [6.45, 7) is 4.75. The summed E-state index contributed by atoms with van der Waals surface area (Å²) in [4.78, 5) is 36.4. The van der Waals surface area contributed by atoms with Crippen LogP contribution in [-0.4, -0.2) is 74.0 Å². The fraction of sp³-hybridized carbons (Fsp3) is 0.333. The summed E-state index contributed by atoms with van der Waals surface area (Å²) in [7, 11) is 7.09. The van der Waals surface area contributed by atoms with E-state index in [1.807, 2.05) is 62.1 Å². The lowest BCUT2D eigenvalue weighted by molar-refractivity contribution is -0.132. The Bertz CT molecular complexity index is 1450. The number of benzene rings is 3. The molecule has 3 aromatic carbocycles. The zero-order valence-electron chi connectivity index (χ0n) is 24.8. The van der Waals surface area contributed by atoms with Gasteiger partial charge < -0.3 is 29.2 Å². The number of amides is 2. The number of rotatable bonds is 12. The molecule has 4 rings (SSSR count). The molecule has 0 saturated heterocycles. The molecule has 8 heteroatoms. The maximum Gasteiger partial charge on any atom is 0.254 e. The van der Waals surface area contributed by atoms with Crippen molar-refractivity contribution >= 4 is 28.4 Å². The molecule has 0 aliphatic rings. The minimum Gasteiger partial charge on any atom is -0.497 e. The van der Waals surface area contributed by atoms with Crippen LogP contribution in [0.15, 0.2) is 72.9 Å². The predicted molar refractivity (Wildman–Crippen MR) is 164 cm³/mol. The molecule has 0 aliphatic carbocycles. The number of nitrogens with zero attached hydrogens (tertiary/aromatic N) is 3. The molecule has 0 aliphatic heterocycles. The first-order valence-corrected chi connectivity index (χ1v) is 13.8. The van der Waals surface area contributed by atoms with E-state index >= 15 is 0 Å². The first-order chi connectivity index (χ1) is 19.7. The normalized spacial score (nSPS) is 11.0. The van der Waals surface area contributed by atoms with Gasteiger partial charge >= 0.3 is 0 Å². The van der Waals surface area contributed by atoms with Crippen molar-refractivity contribution < 1.29 is 19.1 Å². The molecule has 0 spiro atoms. The summed E-state index contributed by atoms with van der Waals surface area (Å²) >= 11 is 0. The van der Waals surface area contributed by atoms with Gasteiger partial charge in [0.05, 0.1) is 14.2 Å². The number of carbonyl (C=O) groups is 2. The number of hydrogen-bond acceptors (Lipinski definition) is 5. The topological polar surface area (TPSA) is 78.1 Å². The number of aromatic nitrogens is 1. The zero-order chi connectivity index (χ0) is 29.5. The highest BCUT2D eigenvalue weighted by atomic mass is 16.5. The average molecular weight is 557 g/mol. The van der Waals surface area contributed by atoms with Crippen LogP contribution in [0.25, 0.3) is 10.9 Å². The van der Waals surface area contributed by atoms with E-state index in [0.29, 0.717) is 36.6 Å². The number of nitrogens with one attached hydrogen (secondary N) is 1. The molecule has 2 amide bonds. The third-order valence-electron chi connectivity index (χ3n) is 7.29.